The maximum absolute atomic E-state index is 13.9. The van der Waals surface area contributed by atoms with E-state index in [1.807, 2.05) is 4.90 Å². The molecule has 2 heterocycles. The largest absolute Gasteiger partial charge is 0.492 e. The molecule has 4 rings (SSSR count). The van der Waals surface area contributed by atoms with Gasteiger partial charge < -0.3 is 25.4 Å². The molecule has 0 saturated carbocycles. The Hall–Kier alpha value is -2.63. The highest BCUT2D eigenvalue weighted by atomic mass is 35.5. The number of nitrogens with zero attached hydrogens (tertiary/aromatic N) is 2. The molecule has 2 aliphatic heterocycles. The standard InChI is InChI=1S/C28H33Cl2FN4O5.ClH/c1-39-26(36)9-8-24(27(37)33-14-17-2-7-22(29)23(30)12-17)34-11-10-20(16-40-21-5-3-18(31)4-6-21)35-15-19(32)13-25(35)28(34)38;/h2-7,12,19-20,24-25H,8-11,13-16,32H2,1H3,(H,33,37);1H/t19-,20?,24-,25+;/m1./s1. The predicted octanol–water partition coefficient (Wildman–Crippen LogP) is 3.57. The van der Waals surface area contributed by atoms with E-state index in [0.717, 1.165) is 5.56 Å². The zero-order chi connectivity index (χ0) is 28.8. The maximum Gasteiger partial charge on any atom is 0.305 e. The SMILES string of the molecule is COC(=O)CC[C@H](C(=O)NCc1ccc(Cl)c(Cl)c1)N1CCC(COc2ccc(F)cc2)N2C[C@H](N)C[C@H]2C1=O.Cl. The number of hydrogen-bond acceptors (Lipinski definition) is 7. The van der Waals surface area contributed by atoms with Gasteiger partial charge in [0, 0.05) is 38.1 Å². The molecule has 9 nitrogen and oxygen atoms in total. The lowest BCUT2D eigenvalue weighted by Gasteiger charge is -2.32. The van der Waals surface area contributed by atoms with Gasteiger partial charge in [-0.05, 0) is 61.2 Å². The third-order valence-corrected chi connectivity index (χ3v) is 8.09. The minimum Gasteiger partial charge on any atom is -0.492 e. The number of amides is 2. The van der Waals surface area contributed by atoms with Gasteiger partial charge in [0.15, 0.2) is 0 Å². The van der Waals surface area contributed by atoms with Crippen LogP contribution in [-0.2, 0) is 25.7 Å². The van der Waals surface area contributed by atoms with Crippen molar-refractivity contribution in [3.63, 3.8) is 0 Å². The second-order valence-electron chi connectivity index (χ2n) is 10.0. The summed E-state index contributed by atoms with van der Waals surface area (Å²) >= 11 is 12.1. The number of methoxy groups -OCH3 is 1. The highest BCUT2D eigenvalue weighted by Gasteiger charge is 2.46. The fourth-order valence-corrected chi connectivity index (χ4v) is 5.57. The van der Waals surface area contributed by atoms with Gasteiger partial charge in [-0.1, -0.05) is 29.3 Å². The molecule has 3 N–H and O–H groups in total. The second-order valence-corrected chi connectivity index (χ2v) is 10.9. The van der Waals surface area contributed by atoms with Crippen LogP contribution < -0.4 is 15.8 Å². The molecule has 0 bridgehead atoms. The Morgan fingerprint density at radius 2 is 1.90 bits per heavy atom. The summed E-state index contributed by atoms with van der Waals surface area (Å²) in [7, 11) is 1.28. The van der Waals surface area contributed by atoms with E-state index < -0.39 is 24.0 Å². The van der Waals surface area contributed by atoms with Crippen LogP contribution in [-0.4, -0.2) is 78.6 Å². The summed E-state index contributed by atoms with van der Waals surface area (Å²) in [6.45, 7) is 1.23. The molecule has 224 valence electrons. The van der Waals surface area contributed by atoms with Crippen molar-refractivity contribution < 1.29 is 28.2 Å². The Balaban J connectivity index is 0.00000462. The van der Waals surface area contributed by atoms with Gasteiger partial charge in [0.1, 0.15) is 24.2 Å². The number of benzene rings is 2. The van der Waals surface area contributed by atoms with Crippen molar-refractivity contribution in [2.45, 2.75) is 56.4 Å². The Bertz CT molecular complexity index is 1220. The quantitative estimate of drug-likeness (QED) is 0.386. The number of nitrogens with one attached hydrogen (secondary N) is 1. The molecule has 41 heavy (non-hydrogen) atoms. The number of nitrogens with two attached hydrogens (primary N) is 1. The molecule has 1 unspecified atom stereocenters. The lowest BCUT2D eigenvalue weighted by Crippen LogP contribution is -2.53. The smallest absolute Gasteiger partial charge is 0.305 e. The number of carbonyl (C=O) groups is 3. The van der Waals surface area contributed by atoms with Crippen LogP contribution in [0.4, 0.5) is 4.39 Å². The Labute approximate surface area is 254 Å². The van der Waals surface area contributed by atoms with Crippen LogP contribution >= 0.6 is 35.6 Å². The third kappa shape index (κ3) is 8.45. The minimum absolute atomic E-state index is 0. The van der Waals surface area contributed by atoms with Crippen molar-refractivity contribution >= 4 is 53.4 Å². The van der Waals surface area contributed by atoms with E-state index in [4.69, 9.17) is 38.4 Å². The number of hydrogen-bond donors (Lipinski definition) is 2. The molecule has 2 amide bonds. The molecular weight excluding hydrogens is 598 g/mol. The molecule has 2 saturated heterocycles. The van der Waals surface area contributed by atoms with Crippen LogP contribution in [0, 0.1) is 5.82 Å². The molecule has 0 spiro atoms. The highest BCUT2D eigenvalue weighted by Crippen LogP contribution is 2.29. The molecule has 2 fully saturated rings. The third-order valence-electron chi connectivity index (χ3n) is 7.35. The molecule has 13 heteroatoms. The van der Waals surface area contributed by atoms with Gasteiger partial charge in [-0.2, -0.15) is 0 Å². The topological polar surface area (TPSA) is 114 Å². The van der Waals surface area contributed by atoms with Gasteiger partial charge in [-0.25, -0.2) is 4.39 Å². The van der Waals surface area contributed by atoms with E-state index in [9.17, 15) is 18.8 Å². The molecule has 0 aromatic heterocycles. The van der Waals surface area contributed by atoms with E-state index in [0.29, 0.717) is 35.2 Å². The van der Waals surface area contributed by atoms with Gasteiger partial charge in [-0.3, -0.25) is 19.3 Å². The monoisotopic (exact) mass is 630 g/mol. The van der Waals surface area contributed by atoms with Crippen molar-refractivity contribution in [3.8, 4) is 5.75 Å². The van der Waals surface area contributed by atoms with Crippen molar-refractivity contribution in [1.82, 2.24) is 15.1 Å². The number of carbonyl (C=O) groups excluding carboxylic acids is 3. The first-order chi connectivity index (χ1) is 19.2. The van der Waals surface area contributed by atoms with Crippen molar-refractivity contribution in [3.05, 3.63) is 63.9 Å². The van der Waals surface area contributed by atoms with Gasteiger partial charge in [0.05, 0.1) is 23.2 Å². The minimum atomic E-state index is -0.898. The molecule has 2 aromatic rings. The Morgan fingerprint density at radius 3 is 2.59 bits per heavy atom. The number of rotatable bonds is 10. The van der Waals surface area contributed by atoms with Crippen LogP contribution in [0.25, 0.3) is 0 Å². The van der Waals surface area contributed by atoms with Crippen molar-refractivity contribution in [2.24, 2.45) is 5.73 Å². The number of ether oxygens (including phenoxy) is 2. The van der Waals surface area contributed by atoms with E-state index >= 15 is 0 Å². The van der Waals surface area contributed by atoms with Gasteiger partial charge >= 0.3 is 5.97 Å². The lowest BCUT2D eigenvalue weighted by atomic mass is 10.1. The van der Waals surface area contributed by atoms with Gasteiger partial charge in [0.25, 0.3) is 0 Å². The first-order valence-corrected chi connectivity index (χ1v) is 13.9. The first-order valence-electron chi connectivity index (χ1n) is 13.1. The van der Waals surface area contributed by atoms with Crippen LogP contribution in [0.3, 0.4) is 0 Å². The fraction of sp³-hybridized carbons (Fsp3) is 0.464. The van der Waals surface area contributed by atoms with Crippen LogP contribution in [0.2, 0.25) is 10.0 Å². The van der Waals surface area contributed by atoms with Gasteiger partial charge in [0.2, 0.25) is 11.8 Å². The average Bonchev–Trinajstić information content (AvgIpc) is 3.28. The highest BCUT2D eigenvalue weighted by molar-refractivity contribution is 6.42. The van der Waals surface area contributed by atoms with E-state index in [2.05, 4.69) is 5.32 Å². The molecule has 2 aliphatic rings. The van der Waals surface area contributed by atoms with Crippen LogP contribution in [0.1, 0.15) is 31.2 Å². The van der Waals surface area contributed by atoms with E-state index in [1.165, 1.54) is 19.2 Å². The molecular formula is C28H34Cl3FN4O5. The summed E-state index contributed by atoms with van der Waals surface area (Å²) in [5, 5.41) is 3.64. The Morgan fingerprint density at radius 1 is 1.17 bits per heavy atom. The predicted molar refractivity (Wildman–Crippen MR) is 156 cm³/mol. The summed E-state index contributed by atoms with van der Waals surface area (Å²) in [5.41, 5.74) is 7.01. The molecule has 0 aliphatic carbocycles. The maximum atomic E-state index is 13.9. The summed E-state index contributed by atoms with van der Waals surface area (Å²) in [6.07, 6.45) is 1.03. The average molecular weight is 632 g/mol. The summed E-state index contributed by atoms with van der Waals surface area (Å²) in [5.74, 6) is -0.912. The Kier molecular flexibility index (Phi) is 12.0. The van der Waals surface area contributed by atoms with E-state index in [-0.39, 0.29) is 68.8 Å². The van der Waals surface area contributed by atoms with Crippen LogP contribution in [0.15, 0.2) is 42.5 Å². The summed E-state index contributed by atoms with van der Waals surface area (Å²) in [4.78, 5) is 42.9. The zero-order valence-corrected chi connectivity index (χ0v) is 24.9. The fourth-order valence-electron chi connectivity index (χ4n) is 5.25. The molecule has 0 radical (unpaired) electrons. The second kappa shape index (κ2) is 15.0. The summed E-state index contributed by atoms with van der Waals surface area (Å²) < 4.78 is 24.0. The van der Waals surface area contributed by atoms with Crippen molar-refractivity contribution in [2.75, 3.05) is 26.8 Å². The van der Waals surface area contributed by atoms with Gasteiger partial charge in [-0.15, -0.1) is 12.4 Å². The number of halogens is 4. The van der Waals surface area contributed by atoms with Crippen LogP contribution in [0.5, 0.6) is 5.75 Å². The number of fused-ring (bicyclic) bond motifs is 1. The zero-order valence-electron chi connectivity index (χ0n) is 22.6. The summed E-state index contributed by atoms with van der Waals surface area (Å²) in [6, 6.07) is 9.02. The van der Waals surface area contributed by atoms with Crippen molar-refractivity contribution in [1.29, 1.82) is 0 Å². The lowest BCUT2D eigenvalue weighted by molar-refractivity contribution is -0.145. The normalized spacial score (nSPS) is 21.3. The first kappa shape index (κ1) is 32.9. The van der Waals surface area contributed by atoms with E-state index in [1.54, 1.807) is 35.2 Å². The molecule has 4 atom stereocenters. The number of esters is 1. The molecule has 2 aromatic carbocycles.